The van der Waals surface area contributed by atoms with Crippen LogP contribution < -0.4 is 0 Å². The second kappa shape index (κ2) is 6.60. The Morgan fingerprint density at radius 3 is 2.50 bits per heavy atom. The monoisotopic (exact) mass is 138 g/mol. The first kappa shape index (κ1) is 9.48. The van der Waals surface area contributed by atoms with Crippen LogP contribution in [0.1, 0.15) is 33.1 Å². The van der Waals surface area contributed by atoms with Gasteiger partial charge in [-0.1, -0.05) is 45.1 Å². The van der Waals surface area contributed by atoms with Crippen molar-refractivity contribution in [2.24, 2.45) is 5.92 Å². The summed E-state index contributed by atoms with van der Waals surface area (Å²) in [6, 6.07) is 0. The van der Waals surface area contributed by atoms with Gasteiger partial charge in [-0.05, 0) is 18.8 Å². The van der Waals surface area contributed by atoms with Crippen molar-refractivity contribution in [1.29, 1.82) is 0 Å². The van der Waals surface area contributed by atoms with Gasteiger partial charge in [-0.15, -0.1) is 0 Å². The maximum atomic E-state index is 3.64. The zero-order valence-electron chi connectivity index (χ0n) is 7.14. The maximum absolute atomic E-state index is 3.64. The van der Waals surface area contributed by atoms with Crippen LogP contribution in [0.5, 0.6) is 0 Å². The van der Waals surface area contributed by atoms with Gasteiger partial charge in [0.15, 0.2) is 0 Å². The molecule has 0 spiro atoms. The molecule has 0 aliphatic rings. The van der Waals surface area contributed by atoms with Crippen molar-refractivity contribution in [1.82, 2.24) is 0 Å². The van der Waals surface area contributed by atoms with Crippen LogP contribution in [-0.4, -0.2) is 0 Å². The first-order chi connectivity index (χ1) is 4.85. The molecule has 0 aliphatic carbocycles. The third-order valence-electron chi connectivity index (χ3n) is 1.70. The van der Waals surface area contributed by atoms with Gasteiger partial charge in [-0.25, -0.2) is 0 Å². The molecule has 0 heterocycles. The summed E-state index contributed by atoms with van der Waals surface area (Å²) in [5, 5.41) is 0. The molecule has 0 aliphatic heterocycles. The fourth-order valence-corrected chi connectivity index (χ4v) is 1.04. The minimum atomic E-state index is 0.767. The smallest absolute Gasteiger partial charge is 0.0233 e. The average molecular weight is 138 g/mol. The molecule has 0 aromatic heterocycles. The van der Waals surface area contributed by atoms with Crippen molar-refractivity contribution in [2.45, 2.75) is 33.1 Å². The van der Waals surface area contributed by atoms with Crippen molar-refractivity contribution in [2.75, 3.05) is 0 Å². The summed E-state index contributed by atoms with van der Waals surface area (Å²) in [6.07, 6.45) is 9.97. The number of rotatable bonds is 5. The van der Waals surface area contributed by atoms with Crippen LogP contribution in [0, 0.1) is 5.92 Å². The molecule has 0 fully saturated rings. The van der Waals surface area contributed by atoms with E-state index in [9.17, 15) is 0 Å². The average Bonchev–Trinajstić information content (AvgIpc) is 1.98. The fourth-order valence-electron chi connectivity index (χ4n) is 1.04. The van der Waals surface area contributed by atoms with Gasteiger partial charge in [0, 0.05) is 0 Å². The summed E-state index contributed by atoms with van der Waals surface area (Å²) in [5.74, 6) is 0.767. The highest BCUT2D eigenvalue weighted by Gasteiger charge is 1.97. The van der Waals surface area contributed by atoms with E-state index in [4.69, 9.17) is 0 Å². The summed E-state index contributed by atoms with van der Waals surface area (Å²) in [7, 11) is 0. The lowest BCUT2D eigenvalue weighted by molar-refractivity contribution is 0.563. The van der Waals surface area contributed by atoms with Gasteiger partial charge >= 0.3 is 0 Å². The molecule has 0 nitrogen and oxygen atoms in total. The first-order valence-corrected chi connectivity index (χ1v) is 4.14. The molecule has 0 rings (SSSR count). The van der Waals surface area contributed by atoms with Gasteiger partial charge < -0.3 is 0 Å². The second-order valence-corrected chi connectivity index (χ2v) is 2.58. The van der Waals surface area contributed by atoms with Gasteiger partial charge in [-0.2, -0.15) is 0 Å². The Bertz CT molecular complexity index is 101. The highest BCUT2D eigenvalue weighted by atomic mass is 14.0. The third kappa shape index (κ3) is 4.37. The van der Waals surface area contributed by atoms with E-state index in [0.717, 1.165) is 5.92 Å². The second-order valence-electron chi connectivity index (χ2n) is 2.58. The summed E-state index contributed by atoms with van der Waals surface area (Å²) in [5.41, 5.74) is 0. The molecular formula is C10H18. The Hall–Kier alpha value is -0.520. The van der Waals surface area contributed by atoms with Crippen molar-refractivity contribution in [3.05, 3.63) is 24.8 Å². The normalized spacial score (nSPS) is 13.8. The van der Waals surface area contributed by atoms with Crippen LogP contribution in [0.2, 0.25) is 0 Å². The van der Waals surface area contributed by atoms with Gasteiger partial charge in [0.1, 0.15) is 0 Å². The number of allylic oxidation sites excluding steroid dienone is 3. The standard InChI is InChI=1S/C10H18/c1-4-7-9-10(6-3)8-5-2/h4,7,9-10H,1,5-6,8H2,2-3H3. The van der Waals surface area contributed by atoms with E-state index in [1.54, 1.807) is 0 Å². The molecule has 1 unspecified atom stereocenters. The molecule has 0 saturated carbocycles. The molecule has 0 bridgehead atoms. The topological polar surface area (TPSA) is 0 Å². The van der Waals surface area contributed by atoms with Gasteiger partial charge in [-0.3, -0.25) is 0 Å². The van der Waals surface area contributed by atoms with Crippen LogP contribution >= 0.6 is 0 Å². The lowest BCUT2D eigenvalue weighted by atomic mass is 10.0. The molecule has 0 aromatic rings. The SMILES string of the molecule is C=CC=CC(CC)CCC. The Balaban J connectivity index is 3.58. The Morgan fingerprint density at radius 1 is 1.40 bits per heavy atom. The zero-order valence-corrected chi connectivity index (χ0v) is 7.14. The lowest BCUT2D eigenvalue weighted by Gasteiger charge is -2.05. The highest BCUT2D eigenvalue weighted by Crippen LogP contribution is 2.11. The molecule has 0 aromatic carbocycles. The fraction of sp³-hybridized carbons (Fsp3) is 0.600. The predicted molar refractivity (Wildman–Crippen MR) is 48.0 cm³/mol. The molecule has 0 amide bonds. The molecule has 0 N–H and O–H groups in total. The Morgan fingerprint density at radius 2 is 2.10 bits per heavy atom. The summed E-state index contributed by atoms with van der Waals surface area (Å²) in [4.78, 5) is 0. The van der Waals surface area contributed by atoms with Crippen LogP contribution in [0.4, 0.5) is 0 Å². The third-order valence-corrected chi connectivity index (χ3v) is 1.70. The molecule has 58 valence electrons. The molecule has 0 saturated heterocycles. The van der Waals surface area contributed by atoms with E-state index < -0.39 is 0 Å². The minimum Gasteiger partial charge on any atom is -0.0991 e. The van der Waals surface area contributed by atoms with Gasteiger partial charge in [0.2, 0.25) is 0 Å². The quantitative estimate of drug-likeness (QED) is 0.510. The van der Waals surface area contributed by atoms with Crippen LogP contribution in [0.15, 0.2) is 24.8 Å². The summed E-state index contributed by atoms with van der Waals surface area (Å²) >= 11 is 0. The van der Waals surface area contributed by atoms with Crippen molar-refractivity contribution in [3.8, 4) is 0 Å². The largest absolute Gasteiger partial charge is 0.0991 e. The van der Waals surface area contributed by atoms with Crippen molar-refractivity contribution < 1.29 is 0 Å². The molecule has 0 heteroatoms. The van der Waals surface area contributed by atoms with E-state index in [1.165, 1.54) is 19.3 Å². The minimum absolute atomic E-state index is 0.767. The molecular weight excluding hydrogens is 120 g/mol. The lowest BCUT2D eigenvalue weighted by Crippen LogP contribution is -1.91. The maximum Gasteiger partial charge on any atom is -0.0233 e. The Kier molecular flexibility index (Phi) is 6.25. The Labute approximate surface area is 64.6 Å². The predicted octanol–water partition coefficient (Wildman–Crippen LogP) is 3.55. The highest BCUT2D eigenvalue weighted by molar-refractivity contribution is 4.99. The van der Waals surface area contributed by atoms with Crippen molar-refractivity contribution in [3.63, 3.8) is 0 Å². The van der Waals surface area contributed by atoms with E-state index in [2.05, 4.69) is 26.5 Å². The first-order valence-electron chi connectivity index (χ1n) is 4.14. The van der Waals surface area contributed by atoms with Crippen LogP contribution in [0.25, 0.3) is 0 Å². The van der Waals surface area contributed by atoms with Crippen LogP contribution in [0.3, 0.4) is 0 Å². The zero-order chi connectivity index (χ0) is 7.82. The summed E-state index contributed by atoms with van der Waals surface area (Å²) < 4.78 is 0. The molecule has 1 atom stereocenters. The molecule has 0 radical (unpaired) electrons. The molecule has 10 heavy (non-hydrogen) atoms. The van der Waals surface area contributed by atoms with Gasteiger partial charge in [0.05, 0.1) is 0 Å². The van der Waals surface area contributed by atoms with E-state index in [-0.39, 0.29) is 0 Å². The van der Waals surface area contributed by atoms with Crippen LogP contribution in [-0.2, 0) is 0 Å². The van der Waals surface area contributed by atoms with Crippen molar-refractivity contribution >= 4 is 0 Å². The van der Waals surface area contributed by atoms with Gasteiger partial charge in [0.25, 0.3) is 0 Å². The number of hydrogen-bond acceptors (Lipinski definition) is 0. The van der Waals surface area contributed by atoms with E-state index >= 15 is 0 Å². The van der Waals surface area contributed by atoms with E-state index in [0.29, 0.717) is 0 Å². The number of hydrogen-bond donors (Lipinski definition) is 0. The summed E-state index contributed by atoms with van der Waals surface area (Å²) in [6.45, 7) is 8.10. The van der Waals surface area contributed by atoms with E-state index in [1.807, 2.05) is 12.2 Å².